The van der Waals surface area contributed by atoms with Crippen molar-refractivity contribution in [3.63, 3.8) is 0 Å². The summed E-state index contributed by atoms with van der Waals surface area (Å²) in [6.07, 6.45) is 4.58. The van der Waals surface area contributed by atoms with E-state index in [0.29, 0.717) is 6.54 Å². The molecule has 4 rings (SSSR count). The lowest BCUT2D eigenvalue weighted by Crippen LogP contribution is -2.48. The lowest BCUT2D eigenvalue weighted by atomic mass is 9.99. The molecule has 1 N–H and O–H groups in total. The summed E-state index contributed by atoms with van der Waals surface area (Å²) in [6, 6.07) is 16.5. The second-order valence-electron chi connectivity index (χ2n) is 6.72. The number of piperazine rings is 1. The van der Waals surface area contributed by atoms with Crippen LogP contribution >= 0.6 is 24.8 Å². The number of pyridine rings is 1. The number of fused-ring (bicyclic) bond motifs is 1. The van der Waals surface area contributed by atoms with Gasteiger partial charge in [0.2, 0.25) is 0 Å². The van der Waals surface area contributed by atoms with E-state index in [1.807, 2.05) is 35.4 Å². The van der Waals surface area contributed by atoms with Gasteiger partial charge in [-0.05, 0) is 35.1 Å². The van der Waals surface area contributed by atoms with Crippen LogP contribution in [-0.4, -0.2) is 35.4 Å². The Morgan fingerprint density at radius 2 is 1.93 bits per heavy atom. The lowest BCUT2D eigenvalue weighted by molar-refractivity contribution is 0.0636. The number of aryl methyl sites for hydroxylation is 1. The Kier molecular flexibility index (Phi) is 7.81. The van der Waals surface area contributed by atoms with Gasteiger partial charge in [-0.15, -0.1) is 24.8 Å². The highest BCUT2D eigenvalue weighted by Gasteiger charge is 2.29. The van der Waals surface area contributed by atoms with Crippen molar-refractivity contribution in [2.45, 2.75) is 19.4 Å². The van der Waals surface area contributed by atoms with Crippen LogP contribution in [0.3, 0.4) is 0 Å². The average molecular weight is 418 g/mol. The van der Waals surface area contributed by atoms with E-state index in [9.17, 15) is 4.79 Å². The molecule has 1 aromatic heterocycles. The molecule has 2 aromatic carbocycles. The van der Waals surface area contributed by atoms with Gasteiger partial charge in [-0.1, -0.05) is 43.3 Å². The van der Waals surface area contributed by atoms with E-state index in [-0.39, 0.29) is 36.8 Å². The van der Waals surface area contributed by atoms with Crippen molar-refractivity contribution in [3.05, 3.63) is 77.6 Å². The van der Waals surface area contributed by atoms with Gasteiger partial charge in [0.1, 0.15) is 0 Å². The summed E-state index contributed by atoms with van der Waals surface area (Å²) < 4.78 is 0. The number of hydrogen-bond donors (Lipinski definition) is 1. The molecule has 0 bridgehead atoms. The fraction of sp³-hybridized carbons (Fsp3) is 0.273. The predicted octanol–water partition coefficient (Wildman–Crippen LogP) is 4.43. The quantitative estimate of drug-likeness (QED) is 0.685. The van der Waals surface area contributed by atoms with Crippen LogP contribution in [0.1, 0.15) is 34.5 Å². The Balaban J connectivity index is 0.00000140. The van der Waals surface area contributed by atoms with E-state index in [1.165, 1.54) is 11.1 Å². The minimum absolute atomic E-state index is 0. The molecule has 1 atom stereocenters. The van der Waals surface area contributed by atoms with E-state index in [1.54, 1.807) is 6.20 Å². The van der Waals surface area contributed by atoms with Crippen LogP contribution in [0, 0.1) is 0 Å². The van der Waals surface area contributed by atoms with Gasteiger partial charge in [0.05, 0.1) is 6.04 Å². The number of hydrogen-bond acceptors (Lipinski definition) is 3. The lowest BCUT2D eigenvalue weighted by Gasteiger charge is -2.37. The molecule has 1 amide bonds. The molecule has 1 aliphatic rings. The summed E-state index contributed by atoms with van der Waals surface area (Å²) in [6.45, 7) is 4.47. The zero-order chi connectivity index (χ0) is 17.9. The van der Waals surface area contributed by atoms with Crippen LogP contribution in [0.4, 0.5) is 0 Å². The second kappa shape index (κ2) is 9.87. The number of carbonyl (C=O) groups is 1. The molecular weight excluding hydrogens is 393 g/mol. The van der Waals surface area contributed by atoms with Gasteiger partial charge < -0.3 is 10.2 Å². The normalized spacial score (nSPS) is 16.2. The molecule has 1 saturated heterocycles. The van der Waals surface area contributed by atoms with Gasteiger partial charge in [-0.25, -0.2) is 0 Å². The van der Waals surface area contributed by atoms with Crippen LogP contribution < -0.4 is 5.32 Å². The number of nitrogens with zero attached hydrogens (tertiary/aromatic N) is 2. The van der Waals surface area contributed by atoms with E-state index in [2.05, 4.69) is 41.5 Å². The average Bonchev–Trinajstić information content (AvgIpc) is 2.73. The summed E-state index contributed by atoms with van der Waals surface area (Å²) in [5.74, 6) is 0.0906. The van der Waals surface area contributed by atoms with Gasteiger partial charge >= 0.3 is 0 Å². The maximum atomic E-state index is 13.4. The third kappa shape index (κ3) is 4.30. The molecule has 2 heterocycles. The van der Waals surface area contributed by atoms with Crippen molar-refractivity contribution < 1.29 is 4.79 Å². The second-order valence-corrected chi connectivity index (χ2v) is 6.72. The molecular formula is C22H25Cl2N3O. The first-order chi connectivity index (χ1) is 12.8. The first-order valence-electron chi connectivity index (χ1n) is 9.21. The van der Waals surface area contributed by atoms with Crippen molar-refractivity contribution in [2.24, 2.45) is 0 Å². The summed E-state index contributed by atoms with van der Waals surface area (Å²) in [7, 11) is 0. The van der Waals surface area contributed by atoms with Gasteiger partial charge in [0.25, 0.3) is 5.91 Å². The summed E-state index contributed by atoms with van der Waals surface area (Å²) in [4.78, 5) is 19.6. The number of amides is 1. The standard InChI is InChI=1S/C22H23N3O.2ClH/c1-2-16-6-8-17(9-7-16)21-15-24-12-13-25(21)22(26)20-5-3-4-18-14-23-11-10-19(18)20;;/h3-11,14,21,24H,2,12-13,15H2,1H3;2*1H. The Labute approximate surface area is 178 Å². The number of nitrogens with one attached hydrogen (secondary N) is 1. The number of halogens is 2. The van der Waals surface area contributed by atoms with Crippen LogP contribution in [0.5, 0.6) is 0 Å². The molecule has 28 heavy (non-hydrogen) atoms. The fourth-order valence-corrected chi connectivity index (χ4v) is 3.68. The molecule has 0 saturated carbocycles. The highest BCUT2D eigenvalue weighted by Crippen LogP contribution is 2.27. The SMILES string of the molecule is CCc1ccc(C2CNCCN2C(=O)c2cccc3cnccc23)cc1.Cl.Cl. The highest BCUT2D eigenvalue weighted by atomic mass is 35.5. The Morgan fingerprint density at radius 1 is 1.14 bits per heavy atom. The Bertz CT molecular complexity index is 925. The number of aromatic nitrogens is 1. The zero-order valence-electron chi connectivity index (χ0n) is 15.8. The van der Waals surface area contributed by atoms with Gasteiger partial charge in [-0.3, -0.25) is 9.78 Å². The van der Waals surface area contributed by atoms with Crippen LogP contribution in [0.25, 0.3) is 10.8 Å². The minimum Gasteiger partial charge on any atom is -0.329 e. The monoisotopic (exact) mass is 417 g/mol. The van der Waals surface area contributed by atoms with E-state index >= 15 is 0 Å². The molecule has 3 aromatic rings. The molecule has 4 nitrogen and oxygen atoms in total. The first kappa shape index (κ1) is 22.2. The molecule has 0 radical (unpaired) electrons. The van der Waals surface area contributed by atoms with Crippen LogP contribution in [0.2, 0.25) is 0 Å². The third-order valence-corrected chi connectivity index (χ3v) is 5.19. The number of carbonyl (C=O) groups excluding carboxylic acids is 1. The Morgan fingerprint density at radius 3 is 2.68 bits per heavy atom. The molecule has 0 aliphatic carbocycles. The molecule has 1 aliphatic heterocycles. The van der Waals surface area contributed by atoms with E-state index in [0.717, 1.165) is 35.8 Å². The number of benzene rings is 2. The molecule has 6 heteroatoms. The third-order valence-electron chi connectivity index (χ3n) is 5.19. The highest BCUT2D eigenvalue weighted by molar-refractivity contribution is 6.07. The molecule has 148 valence electrons. The van der Waals surface area contributed by atoms with Gasteiger partial charge in [0.15, 0.2) is 0 Å². The van der Waals surface area contributed by atoms with Crippen LogP contribution in [0.15, 0.2) is 60.9 Å². The molecule has 1 fully saturated rings. The zero-order valence-corrected chi connectivity index (χ0v) is 17.4. The van der Waals surface area contributed by atoms with E-state index < -0.39 is 0 Å². The fourth-order valence-electron chi connectivity index (χ4n) is 3.68. The maximum absolute atomic E-state index is 13.4. The van der Waals surface area contributed by atoms with Crippen molar-refractivity contribution in [3.8, 4) is 0 Å². The summed E-state index contributed by atoms with van der Waals surface area (Å²) >= 11 is 0. The predicted molar refractivity (Wildman–Crippen MR) is 119 cm³/mol. The van der Waals surface area contributed by atoms with Crippen molar-refractivity contribution in [1.82, 2.24) is 15.2 Å². The first-order valence-corrected chi connectivity index (χ1v) is 9.21. The number of rotatable bonds is 3. The summed E-state index contributed by atoms with van der Waals surface area (Å²) in [5.41, 5.74) is 3.25. The van der Waals surface area contributed by atoms with Crippen molar-refractivity contribution in [1.29, 1.82) is 0 Å². The van der Waals surface area contributed by atoms with Crippen molar-refractivity contribution >= 4 is 41.5 Å². The summed E-state index contributed by atoms with van der Waals surface area (Å²) in [5, 5.41) is 5.39. The maximum Gasteiger partial charge on any atom is 0.255 e. The van der Waals surface area contributed by atoms with Crippen LogP contribution in [-0.2, 0) is 6.42 Å². The van der Waals surface area contributed by atoms with Gasteiger partial charge in [-0.2, -0.15) is 0 Å². The molecule has 1 unspecified atom stereocenters. The van der Waals surface area contributed by atoms with Crippen molar-refractivity contribution in [2.75, 3.05) is 19.6 Å². The van der Waals surface area contributed by atoms with E-state index in [4.69, 9.17) is 0 Å². The Hall–Kier alpha value is -2.14. The minimum atomic E-state index is 0. The van der Waals surface area contributed by atoms with Gasteiger partial charge in [0, 0.05) is 43.0 Å². The smallest absolute Gasteiger partial charge is 0.255 e. The topological polar surface area (TPSA) is 45.2 Å². The molecule has 0 spiro atoms. The largest absolute Gasteiger partial charge is 0.329 e.